The molecule has 0 saturated carbocycles. The van der Waals surface area contributed by atoms with E-state index in [-0.39, 0.29) is 5.82 Å². The quantitative estimate of drug-likeness (QED) is 0.550. The molecule has 0 aliphatic carbocycles. The zero-order valence-corrected chi connectivity index (χ0v) is 16.4. The van der Waals surface area contributed by atoms with Crippen LogP contribution in [0.25, 0.3) is 22.2 Å². The van der Waals surface area contributed by atoms with Gasteiger partial charge in [-0.3, -0.25) is 4.98 Å². The van der Waals surface area contributed by atoms with Gasteiger partial charge < -0.3 is 15.0 Å². The largest absolute Gasteiger partial charge is 0.482 e. The molecule has 0 saturated heterocycles. The van der Waals surface area contributed by atoms with Crippen molar-refractivity contribution in [2.45, 2.75) is 13.0 Å². The van der Waals surface area contributed by atoms with Gasteiger partial charge in [-0.05, 0) is 19.1 Å². The number of aryl methyl sites for hydroxylation is 1. The number of halogens is 1. The second-order valence-corrected chi connectivity index (χ2v) is 6.87. The van der Waals surface area contributed by atoms with Gasteiger partial charge in [-0.15, -0.1) is 0 Å². The number of aromatic nitrogens is 5. The molecule has 9 heteroatoms. The van der Waals surface area contributed by atoms with Gasteiger partial charge >= 0.3 is 0 Å². The zero-order valence-electron chi connectivity index (χ0n) is 15.7. The summed E-state index contributed by atoms with van der Waals surface area (Å²) < 4.78 is 7.73. The number of imidazole rings is 1. The minimum atomic E-state index is -0.440. The monoisotopic (exact) mass is 405 g/mol. The third-order valence-electron chi connectivity index (χ3n) is 4.47. The molecule has 0 bridgehead atoms. The van der Waals surface area contributed by atoms with Crippen LogP contribution in [0.1, 0.15) is 24.5 Å². The third-order valence-corrected chi connectivity index (χ3v) is 4.71. The van der Waals surface area contributed by atoms with Crippen molar-refractivity contribution in [2.24, 2.45) is 7.05 Å². The average Bonchev–Trinajstić information content (AvgIpc) is 3.09. The first kappa shape index (κ1) is 18.7. The summed E-state index contributed by atoms with van der Waals surface area (Å²) in [5.74, 6) is 1.01. The van der Waals surface area contributed by atoms with Crippen LogP contribution in [0.2, 0.25) is 5.02 Å². The fraction of sp³-hybridized carbons (Fsp3) is 0.150. The van der Waals surface area contributed by atoms with Crippen LogP contribution in [-0.2, 0) is 7.05 Å². The Kier molecular flexibility index (Phi) is 4.74. The Morgan fingerprint density at radius 3 is 2.83 bits per heavy atom. The van der Waals surface area contributed by atoms with Crippen LogP contribution >= 0.6 is 11.6 Å². The number of rotatable bonds is 4. The van der Waals surface area contributed by atoms with Crippen molar-refractivity contribution in [3.05, 3.63) is 59.5 Å². The summed E-state index contributed by atoms with van der Waals surface area (Å²) >= 11 is 6.13. The van der Waals surface area contributed by atoms with Crippen molar-refractivity contribution in [1.82, 2.24) is 24.5 Å². The van der Waals surface area contributed by atoms with Gasteiger partial charge in [0.15, 0.2) is 5.75 Å². The van der Waals surface area contributed by atoms with Crippen molar-refractivity contribution < 1.29 is 4.74 Å². The van der Waals surface area contributed by atoms with Gasteiger partial charge in [0.2, 0.25) is 5.82 Å². The summed E-state index contributed by atoms with van der Waals surface area (Å²) in [6.45, 7) is 1.83. The fourth-order valence-corrected chi connectivity index (χ4v) is 3.24. The minimum Gasteiger partial charge on any atom is -0.482 e. The molecule has 3 aromatic heterocycles. The first-order chi connectivity index (χ1) is 14.0. The molecule has 1 atom stereocenters. The summed E-state index contributed by atoms with van der Waals surface area (Å²) in [4.78, 5) is 17.3. The van der Waals surface area contributed by atoms with Gasteiger partial charge in [-0.25, -0.2) is 15.0 Å². The Bertz CT molecular complexity index is 1260. The molecule has 144 valence electrons. The van der Waals surface area contributed by atoms with Crippen LogP contribution in [0.4, 0.5) is 5.82 Å². The summed E-state index contributed by atoms with van der Waals surface area (Å²) in [5, 5.41) is 10.3. The fourth-order valence-electron chi connectivity index (χ4n) is 3.05. The lowest BCUT2D eigenvalue weighted by Crippen LogP contribution is -2.06. The zero-order chi connectivity index (χ0) is 20.5. The maximum atomic E-state index is 9.11. The topological polar surface area (TPSA) is 116 Å². The highest BCUT2D eigenvalue weighted by molar-refractivity contribution is 6.30. The molecule has 3 heterocycles. The van der Waals surface area contributed by atoms with E-state index in [1.165, 1.54) is 6.33 Å². The molecule has 0 aliphatic heterocycles. The molecule has 8 nitrogen and oxygen atoms in total. The predicted octanol–water partition coefficient (Wildman–Crippen LogP) is 3.67. The predicted molar refractivity (Wildman–Crippen MR) is 109 cm³/mol. The van der Waals surface area contributed by atoms with Gasteiger partial charge in [0.1, 0.15) is 29.8 Å². The van der Waals surface area contributed by atoms with Crippen LogP contribution in [0.5, 0.6) is 5.75 Å². The second kappa shape index (κ2) is 7.37. The Balaban J connectivity index is 1.80. The number of anilines is 1. The van der Waals surface area contributed by atoms with Crippen molar-refractivity contribution in [3.63, 3.8) is 0 Å². The van der Waals surface area contributed by atoms with Gasteiger partial charge in [0, 0.05) is 23.8 Å². The average molecular weight is 406 g/mol. The van der Waals surface area contributed by atoms with Crippen molar-refractivity contribution in [1.29, 1.82) is 5.26 Å². The van der Waals surface area contributed by atoms with Gasteiger partial charge in [0.25, 0.3) is 0 Å². The van der Waals surface area contributed by atoms with Gasteiger partial charge in [-0.1, -0.05) is 23.7 Å². The molecule has 4 aromatic rings. The Morgan fingerprint density at radius 1 is 1.28 bits per heavy atom. The van der Waals surface area contributed by atoms with E-state index < -0.39 is 6.10 Å². The third kappa shape index (κ3) is 3.44. The van der Waals surface area contributed by atoms with Crippen molar-refractivity contribution in [3.8, 4) is 23.1 Å². The number of nitrogens with two attached hydrogens (primary N) is 1. The van der Waals surface area contributed by atoms with Crippen LogP contribution in [0, 0.1) is 11.3 Å². The number of nitriles is 1. The number of hydrogen-bond donors (Lipinski definition) is 1. The van der Waals surface area contributed by atoms with E-state index >= 15 is 0 Å². The van der Waals surface area contributed by atoms with Crippen LogP contribution in [0.15, 0.2) is 43.0 Å². The van der Waals surface area contributed by atoms with E-state index in [1.54, 1.807) is 30.1 Å². The van der Waals surface area contributed by atoms with Crippen LogP contribution in [-0.4, -0.2) is 24.5 Å². The minimum absolute atomic E-state index is 0.279. The standard InChI is InChI=1S/C20H16ClN7O/c1-11(14-9-28(2)16(7-22)27-14)29-15-8-24-18(12-4-3-5-13(21)6-12)19-17(15)20(23)26-10-25-19/h3-6,8-11H,1-2H3,(H2,23,25,26)/t11-/m1/s1. The number of ether oxygens (including phenoxy) is 1. The molecular formula is C20H16ClN7O. The molecule has 0 fully saturated rings. The second-order valence-electron chi connectivity index (χ2n) is 6.44. The molecule has 0 amide bonds. The summed E-state index contributed by atoms with van der Waals surface area (Å²) in [6, 6.07) is 9.37. The SMILES string of the molecule is C[C@@H](Oc1cnc(-c2cccc(Cl)c2)c2ncnc(N)c12)c1cn(C)c(C#N)n1. The first-order valence-electron chi connectivity index (χ1n) is 8.73. The maximum Gasteiger partial charge on any atom is 0.212 e. The molecule has 0 aliphatic rings. The normalized spacial score (nSPS) is 11.9. The molecule has 1 aromatic carbocycles. The molecule has 4 rings (SSSR count). The highest BCUT2D eigenvalue weighted by Crippen LogP contribution is 2.36. The number of pyridine rings is 1. The molecule has 0 spiro atoms. The maximum absolute atomic E-state index is 9.11. The molecule has 29 heavy (non-hydrogen) atoms. The molecular weight excluding hydrogens is 390 g/mol. The number of hydrogen-bond acceptors (Lipinski definition) is 7. The van der Waals surface area contributed by atoms with Crippen LogP contribution < -0.4 is 10.5 Å². The highest BCUT2D eigenvalue weighted by Gasteiger charge is 2.19. The Morgan fingerprint density at radius 2 is 2.10 bits per heavy atom. The number of nitrogens with zero attached hydrogens (tertiary/aromatic N) is 6. The Hall–Kier alpha value is -3.70. The number of fused-ring (bicyclic) bond motifs is 1. The van der Waals surface area contributed by atoms with Gasteiger partial charge in [0.05, 0.1) is 23.0 Å². The van der Waals surface area contributed by atoms with E-state index in [2.05, 4.69) is 19.9 Å². The number of benzene rings is 1. The van der Waals surface area contributed by atoms with E-state index in [9.17, 15) is 0 Å². The summed E-state index contributed by atoms with van der Waals surface area (Å²) in [6.07, 6.45) is 4.28. The summed E-state index contributed by atoms with van der Waals surface area (Å²) in [5.41, 5.74) is 8.76. The molecule has 0 unspecified atom stereocenters. The van der Waals surface area contributed by atoms with E-state index in [4.69, 9.17) is 27.3 Å². The lowest BCUT2D eigenvalue weighted by Gasteiger charge is -2.16. The molecule has 2 N–H and O–H groups in total. The number of nitrogen functional groups attached to an aromatic ring is 1. The van der Waals surface area contributed by atoms with E-state index in [1.807, 2.05) is 31.2 Å². The lowest BCUT2D eigenvalue weighted by molar-refractivity contribution is 0.224. The summed E-state index contributed by atoms with van der Waals surface area (Å²) in [7, 11) is 1.75. The highest BCUT2D eigenvalue weighted by atomic mass is 35.5. The lowest BCUT2D eigenvalue weighted by atomic mass is 10.1. The van der Waals surface area contributed by atoms with Crippen molar-refractivity contribution in [2.75, 3.05) is 5.73 Å². The van der Waals surface area contributed by atoms with Crippen molar-refractivity contribution >= 4 is 28.3 Å². The smallest absolute Gasteiger partial charge is 0.212 e. The first-order valence-corrected chi connectivity index (χ1v) is 9.11. The van der Waals surface area contributed by atoms with E-state index in [0.717, 1.165) is 5.56 Å². The Labute approximate surface area is 171 Å². The van der Waals surface area contributed by atoms with Gasteiger partial charge in [-0.2, -0.15) is 5.26 Å². The molecule has 0 radical (unpaired) electrons. The van der Waals surface area contributed by atoms with Crippen LogP contribution in [0.3, 0.4) is 0 Å². The van der Waals surface area contributed by atoms with E-state index in [0.29, 0.717) is 38.9 Å².